The van der Waals surface area contributed by atoms with Crippen LogP contribution in [-0.4, -0.2) is 25.1 Å². The van der Waals surface area contributed by atoms with Crippen molar-refractivity contribution in [3.8, 4) is 17.2 Å². The molecule has 0 radical (unpaired) electrons. The maximum absolute atomic E-state index is 13.1. The molecule has 0 heterocycles. The number of hydrogen-bond acceptors (Lipinski definition) is 4. The van der Waals surface area contributed by atoms with E-state index in [-0.39, 0.29) is 17.1 Å². The van der Waals surface area contributed by atoms with Gasteiger partial charge in [-0.2, -0.15) is 0 Å². The fraction of sp³-hybridized carbons (Fsp3) is 0.118. The Hall–Kier alpha value is -2.82. The van der Waals surface area contributed by atoms with Gasteiger partial charge in [0.25, 0.3) is 0 Å². The predicted molar refractivity (Wildman–Crippen MR) is 81.0 cm³/mol. The van der Waals surface area contributed by atoms with Crippen molar-refractivity contribution in [1.29, 1.82) is 0 Å². The molecule has 0 aliphatic carbocycles. The Labute approximate surface area is 127 Å². The van der Waals surface area contributed by atoms with Crippen LogP contribution in [-0.2, 0) is 0 Å². The molecule has 2 aromatic carbocycles. The van der Waals surface area contributed by atoms with Crippen LogP contribution in [0.25, 0.3) is 6.08 Å². The molecule has 0 fully saturated rings. The molecule has 0 atom stereocenters. The highest BCUT2D eigenvalue weighted by Crippen LogP contribution is 2.34. The van der Waals surface area contributed by atoms with Crippen LogP contribution in [0.15, 0.2) is 42.5 Å². The van der Waals surface area contributed by atoms with E-state index in [2.05, 4.69) is 0 Å². The molecule has 0 aliphatic heterocycles. The van der Waals surface area contributed by atoms with Crippen molar-refractivity contribution in [2.24, 2.45) is 0 Å². The van der Waals surface area contributed by atoms with E-state index in [0.717, 1.165) is 0 Å². The Balaban J connectivity index is 2.29. The second-order valence-electron chi connectivity index (χ2n) is 4.48. The number of methoxy groups -OCH3 is 2. The van der Waals surface area contributed by atoms with Crippen molar-refractivity contribution in [2.75, 3.05) is 14.2 Å². The van der Waals surface area contributed by atoms with Crippen LogP contribution in [0, 0.1) is 5.82 Å². The maximum atomic E-state index is 13.1. The summed E-state index contributed by atoms with van der Waals surface area (Å²) in [6.07, 6.45) is 2.73. The van der Waals surface area contributed by atoms with Gasteiger partial charge in [-0.05, 0) is 29.8 Å². The molecule has 0 aromatic heterocycles. The fourth-order valence-corrected chi connectivity index (χ4v) is 1.94. The maximum Gasteiger partial charge on any atom is 0.189 e. The predicted octanol–water partition coefficient (Wildman–Crippen LogP) is 3.44. The van der Waals surface area contributed by atoms with Gasteiger partial charge in [0.05, 0.1) is 19.8 Å². The molecule has 0 bridgehead atoms. The van der Waals surface area contributed by atoms with E-state index < -0.39 is 5.78 Å². The first kappa shape index (κ1) is 15.6. The molecule has 2 rings (SSSR count). The highest BCUT2D eigenvalue weighted by Gasteiger charge is 2.14. The van der Waals surface area contributed by atoms with Crippen molar-refractivity contribution in [3.05, 3.63) is 59.4 Å². The van der Waals surface area contributed by atoms with Crippen molar-refractivity contribution < 1.29 is 23.8 Å². The van der Waals surface area contributed by atoms with Crippen LogP contribution in [0.1, 0.15) is 15.9 Å². The number of allylic oxidation sites excluding steroid dienone is 1. The van der Waals surface area contributed by atoms with Gasteiger partial charge in [0, 0.05) is 6.07 Å². The Morgan fingerprint density at radius 3 is 2.45 bits per heavy atom. The van der Waals surface area contributed by atoms with E-state index in [1.165, 1.54) is 50.6 Å². The largest absolute Gasteiger partial charge is 0.507 e. The highest BCUT2D eigenvalue weighted by molar-refractivity contribution is 6.09. The van der Waals surface area contributed by atoms with E-state index in [4.69, 9.17) is 9.47 Å². The topological polar surface area (TPSA) is 55.8 Å². The molecule has 0 saturated carbocycles. The van der Waals surface area contributed by atoms with Crippen LogP contribution in [0.2, 0.25) is 0 Å². The van der Waals surface area contributed by atoms with E-state index >= 15 is 0 Å². The van der Waals surface area contributed by atoms with Gasteiger partial charge in [-0.1, -0.05) is 18.2 Å². The zero-order chi connectivity index (χ0) is 16.1. The minimum Gasteiger partial charge on any atom is -0.507 e. The number of carbonyl (C=O) groups excluding carboxylic acids is 1. The lowest BCUT2D eigenvalue weighted by molar-refractivity contribution is 0.104. The van der Waals surface area contributed by atoms with Crippen LogP contribution >= 0.6 is 0 Å². The summed E-state index contributed by atoms with van der Waals surface area (Å²) in [5.74, 6) is -0.369. The molecule has 0 spiro atoms. The molecular weight excluding hydrogens is 287 g/mol. The lowest BCUT2D eigenvalue weighted by atomic mass is 10.1. The monoisotopic (exact) mass is 302 g/mol. The molecule has 0 amide bonds. The van der Waals surface area contributed by atoms with Crippen LogP contribution in [0.3, 0.4) is 0 Å². The summed E-state index contributed by atoms with van der Waals surface area (Å²) in [6.45, 7) is 0. The molecule has 4 nitrogen and oxygen atoms in total. The molecule has 0 aliphatic rings. The lowest BCUT2D eigenvalue weighted by Gasteiger charge is -2.10. The van der Waals surface area contributed by atoms with Crippen molar-refractivity contribution >= 4 is 11.9 Å². The third-order valence-electron chi connectivity index (χ3n) is 3.04. The SMILES string of the molecule is COc1cc(O)c(C(=O)/C=C/c2cccc(F)c2)cc1OC. The van der Waals surface area contributed by atoms with Gasteiger partial charge in [0.15, 0.2) is 17.3 Å². The lowest BCUT2D eigenvalue weighted by Crippen LogP contribution is -1.98. The van der Waals surface area contributed by atoms with Gasteiger partial charge in [0.2, 0.25) is 0 Å². The van der Waals surface area contributed by atoms with Gasteiger partial charge < -0.3 is 14.6 Å². The number of ether oxygens (including phenoxy) is 2. The second-order valence-corrected chi connectivity index (χ2v) is 4.48. The first-order chi connectivity index (χ1) is 10.5. The molecule has 0 saturated heterocycles. The minimum absolute atomic E-state index is 0.0744. The number of hydrogen-bond donors (Lipinski definition) is 1. The number of phenols is 1. The molecule has 1 N–H and O–H groups in total. The van der Waals surface area contributed by atoms with Crippen LogP contribution in [0.4, 0.5) is 4.39 Å². The van der Waals surface area contributed by atoms with E-state index in [9.17, 15) is 14.3 Å². The standard InChI is InChI=1S/C17H15FO4/c1-21-16-9-13(15(20)10-17(16)22-2)14(19)7-6-11-4-3-5-12(18)8-11/h3-10,20H,1-2H3/b7-6+. The average molecular weight is 302 g/mol. The van der Waals surface area contributed by atoms with Crippen LogP contribution < -0.4 is 9.47 Å². The molecule has 5 heteroatoms. The third-order valence-corrected chi connectivity index (χ3v) is 3.04. The van der Waals surface area contributed by atoms with Gasteiger partial charge in [0.1, 0.15) is 11.6 Å². The summed E-state index contributed by atoms with van der Waals surface area (Å²) in [5, 5.41) is 9.90. The number of phenolic OH excluding ortho intramolecular Hbond substituents is 1. The number of aromatic hydroxyl groups is 1. The molecular formula is C17H15FO4. The highest BCUT2D eigenvalue weighted by atomic mass is 19.1. The van der Waals surface area contributed by atoms with Crippen LogP contribution in [0.5, 0.6) is 17.2 Å². The summed E-state index contributed by atoms with van der Waals surface area (Å²) in [5.41, 5.74) is 0.624. The van der Waals surface area contributed by atoms with E-state index in [1.54, 1.807) is 12.1 Å². The number of carbonyl (C=O) groups is 1. The van der Waals surface area contributed by atoms with Gasteiger partial charge in [-0.15, -0.1) is 0 Å². The Morgan fingerprint density at radius 2 is 1.82 bits per heavy atom. The molecule has 0 unspecified atom stereocenters. The molecule has 2 aromatic rings. The first-order valence-corrected chi connectivity index (χ1v) is 6.48. The summed E-state index contributed by atoms with van der Waals surface area (Å²) < 4.78 is 23.2. The zero-order valence-corrected chi connectivity index (χ0v) is 12.2. The minimum atomic E-state index is -0.428. The average Bonchev–Trinajstić information content (AvgIpc) is 2.52. The number of rotatable bonds is 5. The Kier molecular flexibility index (Phi) is 4.78. The number of ketones is 1. The quantitative estimate of drug-likeness (QED) is 0.679. The van der Waals surface area contributed by atoms with Crippen molar-refractivity contribution in [2.45, 2.75) is 0 Å². The third kappa shape index (κ3) is 3.44. The van der Waals surface area contributed by atoms with E-state index in [0.29, 0.717) is 17.1 Å². The zero-order valence-electron chi connectivity index (χ0n) is 12.2. The summed E-state index contributed by atoms with van der Waals surface area (Å²) in [6, 6.07) is 8.54. The summed E-state index contributed by atoms with van der Waals surface area (Å²) in [7, 11) is 2.87. The number of halogens is 1. The second kappa shape index (κ2) is 6.76. The fourth-order valence-electron chi connectivity index (χ4n) is 1.94. The number of benzene rings is 2. The Morgan fingerprint density at radius 1 is 1.14 bits per heavy atom. The molecule has 22 heavy (non-hydrogen) atoms. The van der Waals surface area contributed by atoms with E-state index in [1.807, 2.05) is 0 Å². The summed E-state index contributed by atoms with van der Waals surface area (Å²) >= 11 is 0. The van der Waals surface area contributed by atoms with Gasteiger partial charge >= 0.3 is 0 Å². The van der Waals surface area contributed by atoms with Gasteiger partial charge in [-0.25, -0.2) is 4.39 Å². The molecule has 114 valence electrons. The Bertz CT molecular complexity index is 723. The van der Waals surface area contributed by atoms with Crippen molar-refractivity contribution in [1.82, 2.24) is 0 Å². The smallest absolute Gasteiger partial charge is 0.189 e. The first-order valence-electron chi connectivity index (χ1n) is 6.48. The van der Waals surface area contributed by atoms with Gasteiger partial charge in [-0.3, -0.25) is 4.79 Å². The van der Waals surface area contributed by atoms with Crippen molar-refractivity contribution in [3.63, 3.8) is 0 Å². The normalized spacial score (nSPS) is 10.7. The summed E-state index contributed by atoms with van der Waals surface area (Å²) in [4.78, 5) is 12.2.